The van der Waals surface area contributed by atoms with Gasteiger partial charge in [-0.05, 0) is 51.7 Å². The quantitative estimate of drug-likeness (QED) is 0.825. The van der Waals surface area contributed by atoms with Crippen molar-refractivity contribution >= 4 is 5.82 Å². The standard InChI is InChI=1S/C13H17N3/c1-9-7-10(2)15-12(11(9)8-14)16-13(3)5-4-6-13/h7H,4-6H2,1-3H3,(H,15,16). The molecule has 1 saturated carbocycles. The zero-order valence-corrected chi connectivity index (χ0v) is 10.1. The molecule has 1 aliphatic carbocycles. The second kappa shape index (κ2) is 3.79. The van der Waals surface area contributed by atoms with Crippen LogP contribution in [0.1, 0.15) is 43.0 Å². The summed E-state index contributed by atoms with van der Waals surface area (Å²) in [5, 5.41) is 12.6. The Labute approximate surface area is 96.5 Å². The number of aromatic nitrogens is 1. The average molecular weight is 215 g/mol. The van der Waals surface area contributed by atoms with Crippen molar-refractivity contribution in [3.63, 3.8) is 0 Å². The number of nitriles is 1. The SMILES string of the molecule is Cc1cc(C)c(C#N)c(NC2(C)CCC2)n1. The number of pyridine rings is 1. The lowest BCUT2D eigenvalue weighted by Gasteiger charge is -2.40. The van der Waals surface area contributed by atoms with E-state index in [0.717, 1.165) is 29.9 Å². The molecule has 0 amide bonds. The lowest BCUT2D eigenvalue weighted by Crippen LogP contribution is -2.42. The summed E-state index contributed by atoms with van der Waals surface area (Å²) < 4.78 is 0. The van der Waals surface area contributed by atoms with E-state index in [9.17, 15) is 0 Å². The molecule has 0 aliphatic heterocycles. The highest BCUT2D eigenvalue weighted by Gasteiger charge is 2.32. The topological polar surface area (TPSA) is 48.7 Å². The first-order valence-electron chi connectivity index (χ1n) is 5.71. The van der Waals surface area contributed by atoms with Crippen LogP contribution in [0.2, 0.25) is 0 Å². The van der Waals surface area contributed by atoms with Crippen molar-refractivity contribution in [1.29, 1.82) is 5.26 Å². The molecule has 0 radical (unpaired) electrons. The molecule has 2 rings (SSSR count). The van der Waals surface area contributed by atoms with Gasteiger partial charge < -0.3 is 5.32 Å². The van der Waals surface area contributed by atoms with Gasteiger partial charge in [0.15, 0.2) is 0 Å². The minimum Gasteiger partial charge on any atom is -0.364 e. The van der Waals surface area contributed by atoms with Crippen molar-refractivity contribution in [2.24, 2.45) is 0 Å². The number of rotatable bonds is 2. The molecule has 1 aromatic heterocycles. The van der Waals surface area contributed by atoms with E-state index in [1.54, 1.807) is 0 Å². The number of aryl methyl sites for hydroxylation is 2. The Morgan fingerprint density at radius 2 is 2.12 bits per heavy atom. The Balaban J connectivity index is 2.36. The zero-order chi connectivity index (χ0) is 11.8. The van der Waals surface area contributed by atoms with E-state index in [-0.39, 0.29) is 5.54 Å². The lowest BCUT2D eigenvalue weighted by atomic mass is 9.78. The van der Waals surface area contributed by atoms with Gasteiger partial charge in [0.25, 0.3) is 0 Å². The zero-order valence-electron chi connectivity index (χ0n) is 10.1. The predicted octanol–water partition coefficient (Wildman–Crippen LogP) is 2.92. The fourth-order valence-corrected chi connectivity index (χ4v) is 2.19. The summed E-state index contributed by atoms with van der Waals surface area (Å²) in [5.41, 5.74) is 2.78. The van der Waals surface area contributed by atoms with Crippen molar-refractivity contribution < 1.29 is 0 Å². The molecule has 3 nitrogen and oxygen atoms in total. The maximum absolute atomic E-state index is 9.15. The predicted molar refractivity (Wildman–Crippen MR) is 64.3 cm³/mol. The summed E-state index contributed by atoms with van der Waals surface area (Å²) in [6.45, 7) is 6.11. The number of anilines is 1. The molecule has 0 saturated heterocycles. The van der Waals surface area contributed by atoms with Crippen molar-refractivity contribution in [2.75, 3.05) is 5.32 Å². The summed E-state index contributed by atoms with van der Waals surface area (Å²) in [6.07, 6.45) is 3.58. The Hall–Kier alpha value is -1.56. The first kappa shape index (κ1) is 10.9. The van der Waals surface area contributed by atoms with Crippen LogP contribution in [0, 0.1) is 25.2 Å². The first-order valence-corrected chi connectivity index (χ1v) is 5.71. The average Bonchev–Trinajstić information content (AvgIpc) is 2.14. The molecule has 0 aromatic carbocycles. The molecular weight excluding hydrogens is 198 g/mol. The van der Waals surface area contributed by atoms with Crippen LogP contribution in [-0.2, 0) is 0 Å². The van der Waals surface area contributed by atoms with E-state index in [4.69, 9.17) is 5.26 Å². The molecule has 1 aromatic rings. The molecule has 84 valence electrons. The molecular formula is C13H17N3. The minimum atomic E-state index is 0.138. The van der Waals surface area contributed by atoms with Gasteiger partial charge in [0.1, 0.15) is 11.9 Å². The van der Waals surface area contributed by atoms with Crippen molar-refractivity contribution in [3.05, 3.63) is 22.9 Å². The van der Waals surface area contributed by atoms with Gasteiger partial charge in [-0.1, -0.05) is 0 Å². The highest BCUT2D eigenvalue weighted by atomic mass is 15.1. The smallest absolute Gasteiger partial charge is 0.144 e. The van der Waals surface area contributed by atoms with E-state index in [1.165, 1.54) is 6.42 Å². The van der Waals surface area contributed by atoms with Crippen LogP contribution in [0.3, 0.4) is 0 Å². The maximum Gasteiger partial charge on any atom is 0.144 e. The molecule has 0 atom stereocenters. The van der Waals surface area contributed by atoms with Gasteiger partial charge in [-0.2, -0.15) is 5.26 Å². The van der Waals surface area contributed by atoms with Crippen molar-refractivity contribution in [2.45, 2.75) is 45.6 Å². The van der Waals surface area contributed by atoms with E-state index in [0.29, 0.717) is 5.56 Å². The van der Waals surface area contributed by atoms with Crippen LogP contribution < -0.4 is 5.32 Å². The summed E-state index contributed by atoms with van der Waals surface area (Å²) in [5.74, 6) is 0.752. The van der Waals surface area contributed by atoms with Gasteiger partial charge in [0.2, 0.25) is 0 Å². The van der Waals surface area contributed by atoms with Crippen LogP contribution in [0.5, 0.6) is 0 Å². The second-order valence-electron chi connectivity index (χ2n) is 4.96. The molecule has 3 heteroatoms. The molecule has 1 heterocycles. The molecule has 0 spiro atoms. The highest BCUT2D eigenvalue weighted by molar-refractivity contribution is 5.57. The fraction of sp³-hybridized carbons (Fsp3) is 0.538. The summed E-state index contributed by atoms with van der Waals surface area (Å²) in [6, 6.07) is 4.19. The number of nitrogens with one attached hydrogen (secondary N) is 1. The minimum absolute atomic E-state index is 0.138. The Bertz CT molecular complexity index is 453. The van der Waals surface area contributed by atoms with Gasteiger partial charge in [-0.25, -0.2) is 4.98 Å². The Morgan fingerprint density at radius 1 is 1.44 bits per heavy atom. The molecule has 0 unspecified atom stereocenters. The summed E-state index contributed by atoms with van der Waals surface area (Å²) in [4.78, 5) is 4.44. The lowest BCUT2D eigenvalue weighted by molar-refractivity contribution is 0.305. The molecule has 1 aliphatic rings. The van der Waals surface area contributed by atoms with Gasteiger partial charge in [-0.3, -0.25) is 0 Å². The van der Waals surface area contributed by atoms with Crippen LogP contribution in [0.25, 0.3) is 0 Å². The normalized spacial score (nSPS) is 17.4. The van der Waals surface area contributed by atoms with Gasteiger partial charge in [-0.15, -0.1) is 0 Å². The van der Waals surface area contributed by atoms with Crippen LogP contribution in [0.4, 0.5) is 5.82 Å². The van der Waals surface area contributed by atoms with Crippen LogP contribution in [0.15, 0.2) is 6.07 Å². The van der Waals surface area contributed by atoms with E-state index in [2.05, 4.69) is 23.3 Å². The molecule has 1 N–H and O–H groups in total. The monoisotopic (exact) mass is 215 g/mol. The number of hydrogen-bond donors (Lipinski definition) is 1. The Kier molecular flexibility index (Phi) is 2.59. The third kappa shape index (κ3) is 1.88. The second-order valence-corrected chi connectivity index (χ2v) is 4.96. The Morgan fingerprint density at radius 3 is 2.62 bits per heavy atom. The molecule has 16 heavy (non-hydrogen) atoms. The van der Waals surface area contributed by atoms with Gasteiger partial charge in [0, 0.05) is 11.2 Å². The van der Waals surface area contributed by atoms with Crippen molar-refractivity contribution in [3.8, 4) is 6.07 Å². The number of nitrogens with zero attached hydrogens (tertiary/aromatic N) is 2. The van der Waals surface area contributed by atoms with Crippen LogP contribution in [-0.4, -0.2) is 10.5 Å². The van der Waals surface area contributed by atoms with Crippen LogP contribution >= 0.6 is 0 Å². The first-order chi connectivity index (χ1) is 7.54. The van der Waals surface area contributed by atoms with E-state index in [1.807, 2.05) is 19.9 Å². The van der Waals surface area contributed by atoms with Crippen molar-refractivity contribution in [1.82, 2.24) is 4.98 Å². The fourth-order valence-electron chi connectivity index (χ4n) is 2.19. The third-order valence-corrected chi connectivity index (χ3v) is 3.33. The summed E-state index contributed by atoms with van der Waals surface area (Å²) >= 11 is 0. The summed E-state index contributed by atoms with van der Waals surface area (Å²) in [7, 11) is 0. The highest BCUT2D eigenvalue weighted by Crippen LogP contribution is 2.35. The molecule has 1 fully saturated rings. The van der Waals surface area contributed by atoms with E-state index >= 15 is 0 Å². The molecule has 0 bridgehead atoms. The number of hydrogen-bond acceptors (Lipinski definition) is 3. The van der Waals surface area contributed by atoms with Gasteiger partial charge in [0.05, 0.1) is 5.56 Å². The van der Waals surface area contributed by atoms with Gasteiger partial charge >= 0.3 is 0 Å². The maximum atomic E-state index is 9.15. The van der Waals surface area contributed by atoms with E-state index < -0.39 is 0 Å². The third-order valence-electron chi connectivity index (χ3n) is 3.33. The largest absolute Gasteiger partial charge is 0.364 e.